The highest BCUT2D eigenvalue weighted by Crippen LogP contribution is 2.42. The predicted octanol–water partition coefficient (Wildman–Crippen LogP) is 13.0. The van der Waals surface area contributed by atoms with Crippen LogP contribution in [0.2, 0.25) is 0 Å². The van der Waals surface area contributed by atoms with Gasteiger partial charge in [-0.15, -0.1) is 11.3 Å². The molecule has 0 unspecified atom stereocenters. The van der Waals surface area contributed by atoms with Crippen LogP contribution in [0.15, 0.2) is 176 Å². The summed E-state index contributed by atoms with van der Waals surface area (Å²) in [6.07, 6.45) is 0. The SMILES string of the molecule is c1ccc(-c2cccc(-n3c4ccccc4c4cc5c(cc43)c3ccccc3n5-c3ccc(-c4nc5ccccc5s4)c4ccccc34)c2)cc1. The fraction of sp³-hybridized carbons (Fsp3) is 0. The first-order chi connectivity index (χ1) is 25.3. The summed E-state index contributed by atoms with van der Waals surface area (Å²) >= 11 is 1.76. The molecule has 3 aromatic heterocycles. The van der Waals surface area contributed by atoms with E-state index in [-0.39, 0.29) is 0 Å². The minimum atomic E-state index is 1.04. The first-order valence-corrected chi connectivity index (χ1v) is 18.1. The molecule has 238 valence electrons. The van der Waals surface area contributed by atoms with Crippen LogP contribution in [-0.4, -0.2) is 14.1 Å². The Morgan fingerprint density at radius 1 is 0.392 bits per heavy atom. The predicted molar refractivity (Wildman–Crippen MR) is 217 cm³/mol. The standard InChI is InChI=1S/C47H29N3S/c1-2-13-30(14-3-1)31-15-12-16-32(27-31)49-41-22-9-6-19-35(41)38-29-45-39(28-44(38)49)36-20-7-10-23-42(36)50(45)43-26-25-37(33-17-4-5-18-34(33)43)47-48-40-21-8-11-24-46(40)51-47/h1-29H. The first-order valence-electron chi connectivity index (χ1n) is 17.3. The van der Waals surface area contributed by atoms with E-state index >= 15 is 0 Å². The number of aromatic nitrogens is 3. The second kappa shape index (κ2) is 11.0. The van der Waals surface area contributed by atoms with Gasteiger partial charge in [0, 0.05) is 38.2 Å². The zero-order chi connectivity index (χ0) is 33.5. The summed E-state index contributed by atoms with van der Waals surface area (Å²) < 4.78 is 6.11. The number of nitrogens with zero attached hydrogens (tertiary/aromatic N) is 3. The second-order valence-electron chi connectivity index (χ2n) is 13.2. The van der Waals surface area contributed by atoms with Crippen LogP contribution in [0.5, 0.6) is 0 Å². The molecule has 0 aliphatic carbocycles. The molecule has 0 aliphatic heterocycles. The molecule has 0 amide bonds. The average Bonchev–Trinajstić information content (AvgIpc) is 3.87. The van der Waals surface area contributed by atoms with E-state index in [9.17, 15) is 0 Å². The van der Waals surface area contributed by atoms with Crippen LogP contribution in [0, 0.1) is 0 Å². The molecule has 11 rings (SSSR count). The van der Waals surface area contributed by atoms with Crippen molar-refractivity contribution in [2.75, 3.05) is 0 Å². The third kappa shape index (κ3) is 4.27. The topological polar surface area (TPSA) is 22.8 Å². The summed E-state index contributed by atoms with van der Waals surface area (Å²) in [6.45, 7) is 0. The summed E-state index contributed by atoms with van der Waals surface area (Å²) in [5.41, 5.74) is 11.7. The van der Waals surface area contributed by atoms with Gasteiger partial charge in [0.2, 0.25) is 0 Å². The summed E-state index contributed by atoms with van der Waals surface area (Å²) in [5.74, 6) is 0. The van der Waals surface area contributed by atoms with Gasteiger partial charge in [0.05, 0.1) is 38.0 Å². The Morgan fingerprint density at radius 2 is 1.00 bits per heavy atom. The fourth-order valence-corrected chi connectivity index (χ4v) is 9.08. The van der Waals surface area contributed by atoms with Crippen LogP contribution < -0.4 is 0 Å². The van der Waals surface area contributed by atoms with Crippen LogP contribution in [0.4, 0.5) is 0 Å². The van der Waals surface area contributed by atoms with Crippen LogP contribution >= 0.6 is 11.3 Å². The van der Waals surface area contributed by atoms with E-state index in [4.69, 9.17) is 4.98 Å². The summed E-state index contributed by atoms with van der Waals surface area (Å²) in [5, 5.41) is 8.42. The van der Waals surface area contributed by atoms with Gasteiger partial charge in [0.15, 0.2) is 0 Å². The van der Waals surface area contributed by atoms with Gasteiger partial charge in [-0.05, 0) is 77.2 Å². The molecule has 4 heteroatoms. The molecular weight excluding hydrogens is 639 g/mol. The zero-order valence-electron chi connectivity index (χ0n) is 27.5. The van der Waals surface area contributed by atoms with Crippen molar-refractivity contribution in [2.24, 2.45) is 0 Å². The fourth-order valence-electron chi connectivity index (χ4n) is 8.08. The number of fused-ring (bicyclic) bond motifs is 8. The molecule has 0 saturated heterocycles. The molecule has 0 fully saturated rings. The van der Waals surface area contributed by atoms with Gasteiger partial charge < -0.3 is 9.13 Å². The minimum Gasteiger partial charge on any atom is -0.309 e. The van der Waals surface area contributed by atoms with E-state index in [2.05, 4.69) is 185 Å². The molecule has 0 saturated carbocycles. The maximum Gasteiger partial charge on any atom is 0.125 e. The summed E-state index contributed by atoms with van der Waals surface area (Å²) in [6, 6.07) is 63.8. The molecule has 8 aromatic carbocycles. The van der Waals surface area contributed by atoms with Crippen LogP contribution in [-0.2, 0) is 0 Å². The molecule has 0 aliphatic rings. The molecule has 3 nitrogen and oxygen atoms in total. The van der Waals surface area contributed by atoms with Gasteiger partial charge in [-0.3, -0.25) is 0 Å². The number of para-hydroxylation sites is 3. The van der Waals surface area contributed by atoms with Crippen molar-refractivity contribution in [2.45, 2.75) is 0 Å². The minimum absolute atomic E-state index is 1.04. The lowest BCUT2D eigenvalue weighted by molar-refractivity contribution is 1.18. The summed E-state index contributed by atoms with van der Waals surface area (Å²) in [4.78, 5) is 5.05. The molecule has 3 heterocycles. The van der Waals surface area contributed by atoms with E-state index < -0.39 is 0 Å². The maximum absolute atomic E-state index is 5.05. The van der Waals surface area contributed by atoms with Gasteiger partial charge in [0.1, 0.15) is 5.01 Å². The maximum atomic E-state index is 5.05. The molecule has 0 bridgehead atoms. The molecule has 11 aromatic rings. The Bertz CT molecular complexity index is 3110. The van der Waals surface area contributed by atoms with Crippen molar-refractivity contribution in [3.05, 3.63) is 176 Å². The molecular formula is C47H29N3S. The quantitative estimate of drug-likeness (QED) is 0.183. The molecule has 0 radical (unpaired) electrons. The highest BCUT2D eigenvalue weighted by atomic mass is 32.1. The molecule has 0 atom stereocenters. The Hall–Kier alpha value is -6.49. The average molecular weight is 668 g/mol. The smallest absolute Gasteiger partial charge is 0.125 e. The lowest BCUT2D eigenvalue weighted by atomic mass is 10.0. The van der Waals surface area contributed by atoms with Crippen molar-refractivity contribution >= 4 is 75.9 Å². The van der Waals surface area contributed by atoms with Gasteiger partial charge >= 0.3 is 0 Å². The van der Waals surface area contributed by atoms with Gasteiger partial charge in [-0.1, -0.05) is 115 Å². The third-order valence-electron chi connectivity index (χ3n) is 10.3. The molecule has 0 spiro atoms. The molecule has 0 N–H and O–H groups in total. The van der Waals surface area contributed by atoms with E-state index in [0.29, 0.717) is 0 Å². The van der Waals surface area contributed by atoms with E-state index in [0.717, 1.165) is 16.2 Å². The van der Waals surface area contributed by atoms with E-state index in [1.807, 2.05) is 0 Å². The van der Waals surface area contributed by atoms with Crippen molar-refractivity contribution < 1.29 is 0 Å². The van der Waals surface area contributed by atoms with Crippen molar-refractivity contribution in [1.29, 1.82) is 0 Å². The van der Waals surface area contributed by atoms with Crippen LogP contribution in [0.1, 0.15) is 0 Å². The summed E-state index contributed by atoms with van der Waals surface area (Å²) in [7, 11) is 0. The number of thiazole rings is 1. The van der Waals surface area contributed by atoms with E-state index in [1.165, 1.54) is 81.5 Å². The second-order valence-corrected chi connectivity index (χ2v) is 14.2. The lowest BCUT2D eigenvalue weighted by Gasteiger charge is -2.14. The molecule has 51 heavy (non-hydrogen) atoms. The highest BCUT2D eigenvalue weighted by molar-refractivity contribution is 7.21. The number of hydrogen-bond acceptors (Lipinski definition) is 2. The number of benzene rings is 8. The van der Waals surface area contributed by atoms with Crippen LogP contribution in [0.3, 0.4) is 0 Å². The van der Waals surface area contributed by atoms with Crippen molar-refractivity contribution in [3.63, 3.8) is 0 Å². The van der Waals surface area contributed by atoms with Crippen molar-refractivity contribution in [1.82, 2.24) is 14.1 Å². The Morgan fingerprint density at radius 3 is 1.76 bits per heavy atom. The largest absolute Gasteiger partial charge is 0.309 e. The highest BCUT2D eigenvalue weighted by Gasteiger charge is 2.20. The van der Waals surface area contributed by atoms with Gasteiger partial charge in [-0.25, -0.2) is 4.98 Å². The van der Waals surface area contributed by atoms with Crippen molar-refractivity contribution in [3.8, 4) is 33.1 Å². The monoisotopic (exact) mass is 667 g/mol. The zero-order valence-corrected chi connectivity index (χ0v) is 28.3. The van der Waals surface area contributed by atoms with E-state index in [1.54, 1.807) is 11.3 Å². The number of hydrogen-bond donors (Lipinski definition) is 0. The van der Waals surface area contributed by atoms with Gasteiger partial charge in [0.25, 0.3) is 0 Å². The third-order valence-corrected chi connectivity index (χ3v) is 11.4. The normalized spacial score (nSPS) is 11.9. The van der Waals surface area contributed by atoms with Gasteiger partial charge in [-0.2, -0.15) is 0 Å². The Balaban J connectivity index is 1.19. The number of rotatable bonds is 4. The Kier molecular flexibility index (Phi) is 6.12. The van der Waals surface area contributed by atoms with Crippen LogP contribution in [0.25, 0.3) is 97.7 Å². The lowest BCUT2D eigenvalue weighted by Crippen LogP contribution is -1.97. The Labute approximate surface area is 297 Å². The first kappa shape index (κ1) is 28.4.